The van der Waals surface area contributed by atoms with Crippen LogP contribution in [-0.4, -0.2) is 25.8 Å². The number of hydrogen-bond donors (Lipinski definition) is 1. The molecule has 0 unspecified atom stereocenters. The summed E-state index contributed by atoms with van der Waals surface area (Å²) in [5.41, 5.74) is 0.382. The summed E-state index contributed by atoms with van der Waals surface area (Å²) in [6.45, 7) is 9.68. The molecule has 0 atom stereocenters. The van der Waals surface area contributed by atoms with E-state index >= 15 is 0 Å². The lowest BCUT2D eigenvalue weighted by Crippen LogP contribution is -2.30. The van der Waals surface area contributed by atoms with Gasteiger partial charge in [0.15, 0.2) is 0 Å². The molecule has 1 saturated carbocycles. The summed E-state index contributed by atoms with van der Waals surface area (Å²) in [7, 11) is 0. The Bertz CT molecular complexity index is 145. The van der Waals surface area contributed by atoms with Gasteiger partial charge in [-0.25, -0.2) is 0 Å². The lowest BCUT2D eigenvalue weighted by Gasteiger charge is -2.19. The van der Waals surface area contributed by atoms with E-state index in [0.29, 0.717) is 11.5 Å². The van der Waals surface area contributed by atoms with Crippen LogP contribution in [0.2, 0.25) is 0 Å². The van der Waals surface area contributed by atoms with E-state index in [1.807, 2.05) is 0 Å². The lowest BCUT2D eigenvalue weighted by atomic mass is 9.97. The van der Waals surface area contributed by atoms with E-state index < -0.39 is 0 Å². The maximum Gasteiger partial charge on any atom is 0.0594 e. The van der Waals surface area contributed by atoms with Crippen molar-refractivity contribution in [2.45, 2.75) is 52.6 Å². The van der Waals surface area contributed by atoms with Crippen molar-refractivity contribution in [2.75, 3.05) is 19.7 Å². The second-order valence-corrected chi connectivity index (χ2v) is 5.51. The second kappa shape index (κ2) is 5.72. The average molecular weight is 199 g/mol. The van der Waals surface area contributed by atoms with Gasteiger partial charge >= 0.3 is 0 Å². The Morgan fingerprint density at radius 2 is 1.86 bits per heavy atom. The first-order chi connectivity index (χ1) is 6.58. The van der Waals surface area contributed by atoms with Gasteiger partial charge in [0.25, 0.3) is 0 Å². The molecule has 1 aliphatic rings. The molecule has 0 heterocycles. The fourth-order valence-electron chi connectivity index (χ4n) is 1.82. The summed E-state index contributed by atoms with van der Waals surface area (Å²) in [6.07, 6.45) is 5.84. The lowest BCUT2D eigenvalue weighted by molar-refractivity contribution is 0.0595. The minimum absolute atomic E-state index is 0.382. The summed E-state index contributed by atoms with van der Waals surface area (Å²) < 4.78 is 5.76. The molecule has 14 heavy (non-hydrogen) atoms. The van der Waals surface area contributed by atoms with Crippen molar-refractivity contribution in [3.05, 3.63) is 0 Å². The summed E-state index contributed by atoms with van der Waals surface area (Å²) in [5, 5.41) is 3.42. The normalized spacial score (nSPS) is 19.1. The fourth-order valence-corrected chi connectivity index (χ4v) is 1.82. The van der Waals surface area contributed by atoms with Gasteiger partial charge in [-0.3, -0.25) is 0 Å². The summed E-state index contributed by atoms with van der Waals surface area (Å²) in [6, 6.07) is 0. The van der Waals surface area contributed by atoms with Gasteiger partial charge in [0, 0.05) is 13.1 Å². The van der Waals surface area contributed by atoms with Crippen molar-refractivity contribution in [3.8, 4) is 0 Å². The topological polar surface area (TPSA) is 21.3 Å². The van der Waals surface area contributed by atoms with E-state index in [0.717, 1.165) is 19.7 Å². The third kappa shape index (κ3) is 5.61. The molecule has 0 aromatic carbocycles. The van der Waals surface area contributed by atoms with E-state index in [-0.39, 0.29) is 0 Å². The van der Waals surface area contributed by atoms with E-state index in [2.05, 4.69) is 26.1 Å². The standard InChI is InChI=1S/C12H25NO/c1-12(2,3)10-13-8-9-14-11-6-4-5-7-11/h11,13H,4-10H2,1-3H3. The monoisotopic (exact) mass is 199 g/mol. The van der Waals surface area contributed by atoms with Gasteiger partial charge in [0.2, 0.25) is 0 Å². The van der Waals surface area contributed by atoms with Crippen LogP contribution in [-0.2, 0) is 4.74 Å². The number of nitrogens with one attached hydrogen (secondary N) is 1. The third-order valence-electron chi connectivity index (χ3n) is 2.59. The molecule has 1 aliphatic carbocycles. The largest absolute Gasteiger partial charge is 0.377 e. The van der Waals surface area contributed by atoms with Crippen LogP contribution in [0.5, 0.6) is 0 Å². The molecule has 1 N–H and O–H groups in total. The molecule has 1 fully saturated rings. The SMILES string of the molecule is CC(C)(C)CNCCOC1CCCC1. The Balaban J connectivity index is 1.89. The molecule has 0 aromatic heterocycles. The predicted octanol–water partition coefficient (Wildman–Crippen LogP) is 2.58. The maximum absolute atomic E-state index is 5.76. The van der Waals surface area contributed by atoms with Gasteiger partial charge in [0.1, 0.15) is 0 Å². The first-order valence-electron chi connectivity index (χ1n) is 5.90. The van der Waals surface area contributed by atoms with Crippen molar-refractivity contribution in [2.24, 2.45) is 5.41 Å². The highest BCUT2D eigenvalue weighted by Gasteiger charge is 2.14. The fraction of sp³-hybridized carbons (Fsp3) is 1.00. The molecule has 0 bridgehead atoms. The number of rotatable bonds is 5. The highest BCUT2D eigenvalue weighted by atomic mass is 16.5. The zero-order chi connectivity index (χ0) is 10.4. The summed E-state index contributed by atoms with van der Waals surface area (Å²) in [5.74, 6) is 0. The quantitative estimate of drug-likeness (QED) is 0.687. The first kappa shape index (κ1) is 12.0. The van der Waals surface area contributed by atoms with Crippen molar-refractivity contribution in [1.29, 1.82) is 0 Å². The minimum Gasteiger partial charge on any atom is -0.377 e. The van der Waals surface area contributed by atoms with Crippen LogP contribution in [0, 0.1) is 5.41 Å². The Kier molecular flexibility index (Phi) is 4.90. The van der Waals surface area contributed by atoms with Crippen LogP contribution >= 0.6 is 0 Å². The molecule has 0 aliphatic heterocycles. The van der Waals surface area contributed by atoms with Gasteiger partial charge in [-0.1, -0.05) is 33.6 Å². The van der Waals surface area contributed by atoms with Crippen LogP contribution in [0.25, 0.3) is 0 Å². The minimum atomic E-state index is 0.382. The van der Waals surface area contributed by atoms with Crippen molar-refractivity contribution < 1.29 is 4.74 Å². The molecule has 0 radical (unpaired) electrons. The van der Waals surface area contributed by atoms with Crippen molar-refractivity contribution >= 4 is 0 Å². The molecule has 2 heteroatoms. The van der Waals surface area contributed by atoms with E-state index in [1.54, 1.807) is 0 Å². The molecule has 0 aromatic rings. The smallest absolute Gasteiger partial charge is 0.0594 e. The zero-order valence-electron chi connectivity index (χ0n) is 9.94. The van der Waals surface area contributed by atoms with E-state index in [1.165, 1.54) is 25.7 Å². The van der Waals surface area contributed by atoms with Crippen molar-refractivity contribution in [1.82, 2.24) is 5.32 Å². The highest BCUT2D eigenvalue weighted by molar-refractivity contribution is 4.67. The van der Waals surface area contributed by atoms with Crippen LogP contribution < -0.4 is 5.32 Å². The maximum atomic E-state index is 5.76. The van der Waals surface area contributed by atoms with Gasteiger partial charge in [0.05, 0.1) is 12.7 Å². The van der Waals surface area contributed by atoms with Crippen molar-refractivity contribution in [3.63, 3.8) is 0 Å². The number of hydrogen-bond acceptors (Lipinski definition) is 2. The third-order valence-corrected chi connectivity index (χ3v) is 2.59. The van der Waals surface area contributed by atoms with Gasteiger partial charge in [-0.05, 0) is 18.3 Å². The zero-order valence-corrected chi connectivity index (χ0v) is 9.94. The molecule has 1 rings (SSSR count). The molecule has 84 valence electrons. The van der Waals surface area contributed by atoms with Crippen LogP contribution in [0.3, 0.4) is 0 Å². The second-order valence-electron chi connectivity index (χ2n) is 5.51. The van der Waals surface area contributed by atoms with E-state index in [4.69, 9.17) is 4.74 Å². The molecule has 0 amide bonds. The molecular weight excluding hydrogens is 174 g/mol. The van der Waals surface area contributed by atoms with Crippen LogP contribution in [0.4, 0.5) is 0 Å². The van der Waals surface area contributed by atoms with Gasteiger partial charge < -0.3 is 10.1 Å². The Hall–Kier alpha value is -0.0800. The molecule has 0 spiro atoms. The summed E-state index contributed by atoms with van der Waals surface area (Å²) in [4.78, 5) is 0. The predicted molar refractivity (Wildman–Crippen MR) is 60.5 cm³/mol. The molecular formula is C12H25NO. The Morgan fingerprint density at radius 1 is 1.21 bits per heavy atom. The summed E-state index contributed by atoms with van der Waals surface area (Å²) >= 11 is 0. The molecule has 0 saturated heterocycles. The average Bonchev–Trinajstić information content (AvgIpc) is 2.54. The highest BCUT2D eigenvalue weighted by Crippen LogP contribution is 2.20. The van der Waals surface area contributed by atoms with E-state index in [9.17, 15) is 0 Å². The van der Waals surface area contributed by atoms with Crippen LogP contribution in [0.15, 0.2) is 0 Å². The van der Waals surface area contributed by atoms with Gasteiger partial charge in [-0.15, -0.1) is 0 Å². The Labute approximate surface area is 88.4 Å². The van der Waals surface area contributed by atoms with Gasteiger partial charge in [-0.2, -0.15) is 0 Å². The number of ether oxygens (including phenoxy) is 1. The molecule has 2 nitrogen and oxygen atoms in total. The van der Waals surface area contributed by atoms with Crippen LogP contribution in [0.1, 0.15) is 46.5 Å². The first-order valence-corrected chi connectivity index (χ1v) is 5.90. The Morgan fingerprint density at radius 3 is 2.43 bits per heavy atom.